The van der Waals surface area contributed by atoms with E-state index in [1.807, 2.05) is 30.3 Å². The molecule has 0 aliphatic carbocycles. The number of carbonyl (C=O) groups is 1. The van der Waals surface area contributed by atoms with E-state index in [-0.39, 0.29) is 11.6 Å². The van der Waals surface area contributed by atoms with Crippen LogP contribution in [-0.4, -0.2) is 10.8 Å². The summed E-state index contributed by atoms with van der Waals surface area (Å²) in [7, 11) is 0. The number of nitrogens with one attached hydrogen (secondary N) is 1. The molecule has 0 saturated heterocycles. The molecule has 2 nitrogen and oxygen atoms in total. The van der Waals surface area contributed by atoms with Crippen molar-refractivity contribution in [2.45, 2.75) is 0 Å². The van der Waals surface area contributed by atoms with Crippen LogP contribution in [0.5, 0.6) is 0 Å². The van der Waals surface area contributed by atoms with Gasteiger partial charge in [-0.1, -0.05) is 36.4 Å². The molecular weight excluding hydrogens is 277 g/mol. The molecule has 0 amide bonds. The summed E-state index contributed by atoms with van der Waals surface area (Å²) >= 11 is 0. The molecule has 4 rings (SSSR count). The number of hydrogen-bond acceptors (Lipinski definition) is 1. The van der Waals surface area contributed by atoms with Gasteiger partial charge in [0.15, 0.2) is 5.78 Å². The zero-order valence-corrected chi connectivity index (χ0v) is 11.6. The van der Waals surface area contributed by atoms with Crippen LogP contribution in [0.4, 0.5) is 4.39 Å². The number of rotatable bonds is 2. The number of carbonyl (C=O) groups excluding carboxylic acids is 1. The standard InChI is InChI=1S/C19H12FNO/c20-14-7-6-13-10-17(19(22)12-4-2-1-3-5-12)18-15(8-9-21-18)16(13)11-14/h1-11,21H. The van der Waals surface area contributed by atoms with Gasteiger partial charge >= 0.3 is 0 Å². The molecule has 0 saturated carbocycles. The highest BCUT2D eigenvalue weighted by atomic mass is 19.1. The molecule has 1 aromatic heterocycles. The van der Waals surface area contributed by atoms with Gasteiger partial charge in [-0.05, 0) is 35.0 Å². The minimum Gasteiger partial charge on any atom is -0.361 e. The Morgan fingerprint density at radius 1 is 0.909 bits per heavy atom. The summed E-state index contributed by atoms with van der Waals surface area (Å²) in [4.78, 5) is 15.9. The van der Waals surface area contributed by atoms with Gasteiger partial charge in [0.25, 0.3) is 0 Å². The average Bonchev–Trinajstić information content (AvgIpc) is 3.04. The number of aromatic amines is 1. The lowest BCUT2D eigenvalue weighted by Crippen LogP contribution is -2.02. The largest absolute Gasteiger partial charge is 0.361 e. The van der Waals surface area contributed by atoms with E-state index >= 15 is 0 Å². The lowest BCUT2D eigenvalue weighted by molar-refractivity contribution is 0.104. The van der Waals surface area contributed by atoms with Crippen LogP contribution in [0.2, 0.25) is 0 Å². The van der Waals surface area contributed by atoms with Crippen LogP contribution in [0.15, 0.2) is 66.9 Å². The molecule has 0 aliphatic heterocycles. The summed E-state index contributed by atoms with van der Waals surface area (Å²) in [5.41, 5.74) is 1.98. The summed E-state index contributed by atoms with van der Waals surface area (Å²) in [5, 5.41) is 2.52. The van der Waals surface area contributed by atoms with Gasteiger partial charge < -0.3 is 4.98 Å². The maximum Gasteiger partial charge on any atom is 0.195 e. The number of H-pyrrole nitrogens is 1. The first-order valence-corrected chi connectivity index (χ1v) is 7.03. The summed E-state index contributed by atoms with van der Waals surface area (Å²) in [5.74, 6) is -0.323. The highest BCUT2D eigenvalue weighted by Crippen LogP contribution is 2.30. The third-order valence-corrected chi connectivity index (χ3v) is 3.90. The topological polar surface area (TPSA) is 32.9 Å². The van der Waals surface area contributed by atoms with Crippen LogP contribution >= 0.6 is 0 Å². The molecule has 106 valence electrons. The number of benzene rings is 3. The first-order valence-electron chi connectivity index (χ1n) is 7.03. The van der Waals surface area contributed by atoms with E-state index in [0.29, 0.717) is 11.1 Å². The minimum absolute atomic E-state index is 0.0423. The minimum atomic E-state index is -0.280. The number of halogens is 1. The number of fused-ring (bicyclic) bond motifs is 3. The van der Waals surface area contributed by atoms with Crippen molar-refractivity contribution in [1.82, 2.24) is 4.98 Å². The van der Waals surface area contributed by atoms with Crippen molar-refractivity contribution in [2.24, 2.45) is 0 Å². The van der Waals surface area contributed by atoms with Gasteiger partial charge in [0, 0.05) is 22.7 Å². The van der Waals surface area contributed by atoms with Crippen molar-refractivity contribution >= 4 is 27.5 Å². The Kier molecular flexibility index (Phi) is 2.79. The molecule has 4 aromatic rings. The van der Waals surface area contributed by atoms with Crippen molar-refractivity contribution < 1.29 is 9.18 Å². The smallest absolute Gasteiger partial charge is 0.195 e. The highest BCUT2D eigenvalue weighted by molar-refractivity contribution is 6.21. The van der Waals surface area contributed by atoms with E-state index in [1.54, 1.807) is 24.4 Å². The van der Waals surface area contributed by atoms with Gasteiger partial charge in [-0.2, -0.15) is 0 Å². The molecule has 0 radical (unpaired) electrons. The molecule has 0 spiro atoms. The van der Waals surface area contributed by atoms with E-state index in [0.717, 1.165) is 21.7 Å². The molecule has 0 aliphatic rings. The first-order chi connectivity index (χ1) is 10.7. The Morgan fingerprint density at radius 3 is 2.55 bits per heavy atom. The van der Waals surface area contributed by atoms with Crippen molar-refractivity contribution in [2.75, 3.05) is 0 Å². The maximum absolute atomic E-state index is 13.5. The fourth-order valence-corrected chi connectivity index (χ4v) is 2.86. The predicted molar refractivity (Wildman–Crippen MR) is 85.6 cm³/mol. The Morgan fingerprint density at radius 2 is 1.73 bits per heavy atom. The van der Waals surface area contributed by atoms with Crippen LogP contribution in [0.1, 0.15) is 15.9 Å². The summed E-state index contributed by atoms with van der Waals surface area (Å²) in [6.07, 6.45) is 1.77. The zero-order chi connectivity index (χ0) is 15.1. The van der Waals surface area contributed by atoms with Gasteiger partial charge in [-0.25, -0.2) is 4.39 Å². The lowest BCUT2D eigenvalue weighted by Gasteiger charge is -2.07. The van der Waals surface area contributed by atoms with Crippen LogP contribution in [0.3, 0.4) is 0 Å². The Bertz CT molecular complexity index is 1000. The molecule has 0 unspecified atom stereocenters. The Labute approximate surface area is 126 Å². The maximum atomic E-state index is 13.5. The average molecular weight is 289 g/mol. The molecule has 22 heavy (non-hydrogen) atoms. The van der Waals surface area contributed by atoms with Gasteiger partial charge in [0.1, 0.15) is 5.82 Å². The Balaban J connectivity index is 2.03. The second kappa shape index (κ2) is 4.81. The van der Waals surface area contributed by atoms with Gasteiger partial charge in [-0.3, -0.25) is 4.79 Å². The molecule has 1 N–H and O–H groups in total. The van der Waals surface area contributed by atoms with Gasteiger partial charge in [0.05, 0.1) is 5.52 Å². The highest BCUT2D eigenvalue weighted by Gasteiger charge is 2.15. The molecule has 0 fully saturated rings. The van der Waals surface area contributed by atoms with Gasteiger partial charge in [0.2, 0.25) is 0 Å². The van der Waals surface area contributed by atoms with E-state index in [9.17, 15) is 9.18 Å². The van der Waals surface area contributed by atoms with Gasteiger partial charge in [-0.15, -0.1) is 0 Å². The molecule has 3 aromatic carbocycles. The van der Waals surface area contributed by atoms with Crippen LogP contribution in [0.25, 0.3) is 21.7 Å². The predicted octanol–water partition coefficient (Wildman–Crippen LogP) is 4.69. The first kappa shape index (κ1) is 12.8. The third-order valence-electron chi connectivity index (χ3n) is 3.90. The number of hydrogen-bond donors (Lipinski definition) is 1. The SMILES string of the molecule is O=C(c1ccccc1)c1cc2ccc(F)cc2c2cc[nH]c12. The van der Waals surface area contributed by atoms with E-state index in [1.165, 1.54) is 12.1 Å². The zero-order valence-electron chi connectivity index (χ0n) is 11.6. The van der Waals surface area contributed by atoms with Crippen molar-refractivity contribution in [3.63, 3.8) is 0 Å². The number of ketones is 1. The summed E-state index contributed by atoms with van der Waals surface area (Å²) in [6.45, 7) is 0. The molecular formula is C19H12FNO. The summed E-state index contributed by atoms with van der Waals surface area (Å²) < 4.78 is 13.5. The summed E-state index contributed by atoms with van der Waals surface area (Å²) in [6, 6.07) is 17.5. The monoisotopic (exact) mass is 289 g/mol. The fraction of sp³-hybridized carbons (Fsp3) is 0. The van der Waals surface area contributed by atoms with E-state index in [4.69, 9.17) is 0 Å². The second-order valence-corrected chi connectivity index (χ2v) is 5.25. The number of aromatic nitrogens is 1. The normalized spacial score (nSPS) is 11.1. The van der Waals surface area contributed by atoms with Crippen molar-refractivity contribution in [3.8, 4) is 0 Å². The molecule has 0 bridgehead atoms. The van der Waals surface area contributed by atoms with Crippen molar-refractivity contribution in [3.05, 3.63) is 83.8 Å². The molecule has 3 heteroatoms. The van der Waals surface area contributed by atoms with Crippen LogP contribution < -0.4 is 0 Å². The lowest BCUT2D eigenvalue weighted by atomic mass is 9.96. The Hall–Kier alpha value is -2.94. The van der Waals surface area contributed by atoms with E-state index < -0.39 is 0 Å². The molecule has 1 heterocycles. The third kappa shape index (κ3) is 1.91. The van der Waals surface area contributed by atoms with Crippen LogP contribution in [0, 0.1) is 5.82 Å². The second-order valence-electron chi connectivity index (χ2n) is 5.25. The van der Waals surface area contributed by atoms with Crippen LogP contribution in [-0.2, 0) is 0 Å². The quantitative estimate of drug-likeness (QED) is 0.533. The van der Waals surface area contributed by atoms with Crippen molar-refractivity contribution in [1.29, 1.82) is 0 Å². The fourth-order valence-electron chi connectivity index (χ4n) is 2.86. The van der Waals surface area contributed by atoms with E-state index in [2.05, 4.69) is 4.98 Å². The molecule has 0 atom stereocenters.